The number of carbonyl (C=O) groups excluding carboxylic acids is 1. The number of hydrogen-bond acceptors (Lipinski definition) is 4. The summed E-state index contributed by atoms with van der Waals surface area (Å²) in [6.45, 7) is 0.0863. The van der Waals surface area contributed by atoms with E-state index in [0.29, 0.717) is 5.56 Å². The molecule has 8 heteroatoms. The molecule has 21 heavy (non-hydrogen) atoms. The SMILES string of the molecule is Nc1cnc(C(=O)NCc2ccc(C(F)(F)F)cc2)cn1. The zero-order valence-corrected chi connectivity index (χ0v) is 10.7. The largest absolute Gasteiger partial charge is 0.416 e. The Balaban J connectivity index is 1.97. The van der Waals surface area contributed by atoms with Crippen molar-refractivity contribution < 1.29 is 18.0 Å². The molecule has 0 aliphatic rings. The minimum absolute atomic E-state index is 0.0797. The van der Waals surface area contributed by atoms with Gasteiger partial charge in [-0.05, 0) is 17.7 Å². The lowest BCUT2D eigenvalue weighted by atomic mass is 10.1. The van der Waals surface area contributed by atoms with Crippen LogP contribution in [0.4, 0.5) is 19.0 Å². The van der Waals surface area contributed by atoms with Crippen LogP contribution >= 0.6 is 0 Å². The number of alkyl halides is 3. The smallest absolute Gasteiger partial charge is 0.382 e. The predicted octanol–water partition coefficient (Wildman–Crippen LogP) is 2.01. The number of aromatic nitrogens is 2. The molecule has 1 aromatic carbocycles. The molecule has 0 saturated carbocycles. The van der Waals surface area contributed by atoms with Crippen molar-refractivity contribution in [2.24, 2.45) is 0 Å². The number of halogens is 3. The maximum atomic E-state index is 12.4. The summed E-state index contributed by atoms with van der Waals surface area (Å²) >= 11 is 0. The van der Waals surface area contributed by atoms with Crippen LogP contribution in [0.15, 0.2) is 36.7 Å². The Kier molecular flexibility index (Phi) is 4.06. The second-order valence-corrected chi connectivity index (χ2v) is 4.20. The number of nitrogens with two attached hydrogens (primary N) is 1. The van der Waals surface area contributed by atoms with Gasteiger partial charge in [0.25, 0.3) is 5.91 Å². The molecule has 1 amide bonds. The molecule has 110 valence electrons. The topological polar surface area (TPSA) is 80.9 Å². The number of benzene rings is 1. The molecule has 0 atom stereocenters. The number of nitrogens with zero attached hydrogens (tertiary/aromatic N) is 2. The number of nitrogens with one attached hydrogen (secondary N) is 1. The van der Waals surface area contributed by atoms with Gasteiger partial charge in [0.05, 0.1) is 18.0 Å². The standard InChI is InChI=1S/C13H11F3N4O/c14-13(15,16)9-3-1-8(2-4-9)5-20-12(21)10-6-19-11(17)7-18-10/h1-4,6-7H,5H2,(H2,17,19)(H,20,21). The highest BCUT2D eigenvalue weighted by Crippen LogP contribution is 2.28. The Hall–Kier alpha value is -2.64. The Bertz CT molecular complexity index is 623. The van der Waals surface area contributed by atoms with Gasteiger partial charge in [0.2, 0.25) is 0 Å². The maximum absolute atomic E-state index is 12.4. The van der Waals surface area contributed by atoms with Crippen molar-refractivity contribution in [3.8, 4) is 0 Å². The summed E-state index contributed by atoms with van der Waals surface area (Å²) in [5.74, 6) is -0.295. The van der Waals surface area contributed by atoms with E-state index in [2.05, 4.69) is 15.3 Å². The van der Waals surface area contributed by atoms with Gasteiger partial charge < -0.3 is 11.1 Å². The maximum Gasteiger partial charge on any atom is 0.416 e. The van der Waals surface area contributed by atoms with Crippen molar-refractivity contribution in [3.63, 3.8) is 0 Å². The first kappa shape index (κ1) is 14.8. The number of rotatable bonds is 3. The Morgan fingerprint density at radius 1 is 1.14 bits per heavy atom. The zero-order chi connectivity index (χ0) is 15.5. The number of nitrogen functional groups attached to an aromatic ring is 1. The fraction of sp³-hybridized carbons (Fsp3) is 0.154. The summed E-state index contributed by atoms with van der Waals surface area (Å²) in [6, 6.07) is 4.53. The normalized spacial score (nSPS) is 11.2. The third-order valence-corrected chi connectivity index (χ3v) is 2.64. The first-order valence-corrected chi connectivity index (χ1v) is 5.88. The molecule has 5 nitrogen and oxygen atoms in total. The summed E-state index contributed by atoms with van der Waals surface area (Å²) in [6.07, 6.45) is -1.91. The predicted molar refractivity (Wildman–Crippen MR) is 69.1 cm³/mol. The van der Waals surface area contributed by atoms with Crippen LogP contribution in [0, 0.1) is 0 Å². The van der Waals surface area contributed by atoms with Crippen molar-refractivity contribution in [1.29, 1.82) is 0 Å². The van der Waals surface area contributed by atoms with E-state index in [9.17, 15) is 18.0 Å². The Morgan fingerprint density at radius 3 is 2.33 bits per heavy atom. The number of carbonyl (C=O) groups is 1. The number of hydrogen-bond donors (Lipinski definition) is 2. The van der Waals surface area contributed by atoms with E-state index in [1.807, 2.05) is 0 Å². The number of amides is 1. The second-order valence-electron chi connectivity index (χ2n) is 4.20. The number of anilines is 1. The van der Waals surface area contributed by atoms with Gasteiger partial charge in [-0.3, -0.25) is 4.79 Å². The van der Waals surface area contributed by atoms with Crippen molar-refractivity contribution in [3.05, 3.63) is 53.5 Å². The zero-order valence-electron chi connectivity index (χ0n) is 10.7. The molecule has 1 heterocycles. The van der Waals surface area contributed by atoms with Crippen LogP contribution in [-0.4, -0.2) is 15.9 Å². The lowest BCUT2D eigenvalue weighted by Crippen LogP contribution is -2.24. The average Bonchev–Trinajstić information content (AvgIpc) is 2.45. The summed E-state index contributed by atoms with van der Waals surface area (Å²) < 4.78 is 37.2. The minimum atomic E-state index is -4.37. The molecule has 3 N–H and O–H groups in total. The van der Waals surface area contributed by atoms with Gasteiger partial charge >= 0.3 is 6.18 Å². The first-order valence-electron chi connectivity index (χ1n) is 5.88. The Morgan fingerprint density at radius 2 is 1.81 bits per heavy atom. The molecular formula is C13H11F3N4O. The molecule has 0 unspecified atom stereocenters. The van der Waals surface area contributed by atoms with Crippen LogP contribution in [0.1, 0.15) is 21.6 Å². The van der Waals surface area contributed by atoms with Crippen molar-refractivity contribution in [1.82, 2.24) is 15.3 Å². The van der Waals surface area contributed by atoms with E-state index < -0.39 is 17.6 Å². The molecule has 0 aliphatic carbocycles. The minimum Gasteiger partial charge on any atom is -0.382 e. The first-order chi connectivity index (χ1) is 9.86. The third kappa shape index (κ3) is 3.91. The highest BCUT2D eigenvalue weighted by molar-refractivity contribution is 5.91. The summed E-state index contributed by atoms with van der Waals surface area (Å²) in [7, 11) is 0. The lowest BCUT2D eigenvalue weighted by molar-refractivity contribution is -0.137. The quantitative estimate of drug-likeness (QED) is 0.908. The fourth-order valence-corrected chi connectivity index (χ4v) is 1.54. The van der Waals surface area contributed by atoms with Gasteiger partial charge in [-0.15, -0.1) is 0 Å². The third-order valence-electron chi connectivity index (χ3n) is 2.64. The van der Waals surface area contributed by atoms with Gasteiger partial charge in [-0.25, -0.2) is 9.97 Å². The van der Waals surface area contributed by atoms with E-state index in [1.54, 1.807) is 0 Å². The van der Waals surface area contributed by atoms with Crippen LogP contribution in [0.25, 0.3) is 0 Å². The molecule has 1 aromatic heterocycles. The monoisotopic (exact) mass is 296 g/mol. The molecule has 0 aliphatic heterocycles. The van der Waals surface area contributed by atoms with Gasteiger partial charge in [0.15, 0.2) is 0 Å². The van der Waals surface area contributed by atoms with E-state index in [0.717, 1.165) is 12.1 Å². The molecule has 0 spiro atoms. The van der Waals surface area contributed by atoms with E-state index in [4.69, 9.17) is 5.73 Å². The fourth-order valence-electron chi connectivity index (χ4n) is 1.54. The van der Waals surface area contributed by atoms with Crippen LogP contribution in [0.2, 0.25) is 0 Å². The van der Waals surface area contributed by atoms with Crippen molar-refractivity contribution in [2.45, 2.75) is 12.7 Å². The highest BCUT2D eigenvalue weighted by atomic mass is 19.4. The summed E-state index contributed by atoms with van der Waals surface area (Å²) in [5, 5.41) is 2.53. The van der Waals surface area contributed by atoms with E-state index in [-0.39, 0.29) is 18.1 Å². The second kappa shape index (κ2) is 5.78. The van der Waals surface area contributed by atoms with Crippen molar-refractivity contribution >= 4 is 11.7 Å². The van der Waals surface area contributed by atoms with Crippen molar-refractivity contribution in [2.75, 3.05) is 5.73 Å². The van der Waals surface area contributed by atoms with E-state index >= 15 is 0 Å². The average molecular weight is 296 g/mol. The molecule has 0 radical (unpaired) electrons. The molecule has 0 fully saturated rings. The van der Waals surface area contributed by atoms with Crippen LogP contribution in [-0.2, 0) is 12.7 Å². The molecular weight excluding hydrogens is 285 g/mol. The van der Waals surface area contributed by atoms with Crippen LogP contribution in [0.5, 0.6) is 0 Å². The summed E-state index contributed by atoms with van der Waals surface area (Å²) in [4.78, 5) is 19.2. The van der Waals surface area contributed by atoms with Gasteiger partial charge in [-0.2, -0.15) is 13.2 Å². The van der Waals surface area contributed by atoms with Crippen LogP contribution in [0.3, 0.4) is 0 Å². The highest BCUT2D eigenvalue weighted by Gasteiger charge is 2.29. The molecule has 0 saturated heterocycles. The van der Waals surface area contributed by atoms with E-state index in [1.165, 1.54) is 24.5 Å². The summed E-state index contributed by atoms with van der Waals surface area (Å²) in [5.41, 5.74) is 5.23. The molecule has 2 aromatic rings. The van der Waals surface area contributed by atoms with Crippen LogP contribution < -0.4 is 11.1 Å². The van der Waals surface area contributed by atoms with Gasteiger partial charge in [-0.1, -0.05) is 12.1 Å². The van der Waals surface area contributed by atoms with Gasteiger partial charge in [0, 0.05) is 6.54 Å². The molecule has 0 bridgehead atoms. The lowest BCUT2D eigenvalue weighted by Gasteiger charge is -2.08. The van der Waals surface area contributed by atoms with Gasteiger partial charge in [0.1, 0.15) is 11.5 Å². The molecule has 2 rings (SSSR count). The Labute approximate surface area is 118 Å².